The van der Waals surface area contributed by atoms with Gasteiger partial charge in [-0.25, -0.2) is 9.59 Å². The fourth-order valence-electron chi connectivity index (χ4n) is 2.43. The van der Waals surface area contributed by atoms with Crippen LogP contribution in [-0.4, -0.2) is 37.1 Å². The summed E-state index contributed by atoms with van der Waals surface area (Å²) in [6, 6.07) is 7.55. The van der Waals surface area contributed by atoms with Crippen molar-refractivity contribution in [3.8, 4) is 0 Å². The molecule has 6 heteroatoms. The Morgan fingerprint density at radius 2 is 1.48 bits per heavy atom. The van der Waals surface area contributed by atoms with Gasteiger partial charge in [0.15, 0.2) is 0 Å². The third-order valence-corrected chi connectivity index (χ3v) is 3.84. The number of esters is 2. The Kier molecular flexibility index (Phi) is 7.15. The zero-order valence-electron chi connectivity index (χ0n) is 15.5. The molecule has 138 valence electrons. The van der Waals surface area contributed by atoms with Crippen LogP contribution in [0, 0.1) is 0 Å². The van der Waals surface area contributed by atoms with E-state index in [-0.39, 0.29) is 25.0 Å². The summed E-state index contributed by atoms with van der Waals surface area (Å²) in [6.45, 7) is 9.72. The number of hydrogen-bond acceptors (Lipinski definition) is 5. The highest BCUT2D eigenvalue weighted by molar-refractivity contribution is 6.06. The van der Waals surface area contributed by atoms with Crippen LogP contribution in [0.25, 0.3) is 0 Å². The molecule has 1 aromatic rings. The van der Waals surface area contributed by atoms with Crippen LogP contribution in [0.5, 0.6) is 0 Å². The first kappa shape index (κ1) is 20.7. The molecule has 0 radical (unpaired) electrons. The van der Waals surface area contributed by atoms with Crippen LogP contribution in [0.1, 0.15) is 45.7 Å². The molecule has 0 aliphatic rings. The Labute approximate surface area is 148 Å². The first-order valence-electron chi connectivity index (χ1n) is 8.36. The number of amides is 1. The van der Waals surface area contributed by atoms with Gasteiger partial charge >= 0.3 is 11.9 Å². The van der Waals surface area contributed by atoms with Crippen LogP contribution in [0.15, 0.2) is 24.3 Å². The molecule has 0 aromatic heterocycles. The summed E-state index contributed by atoms with van der Waals surface area (Å²) in [5, 5.41) is 2.33. The summed E-state index contributed by atoms with van der Waals surface area (Å²) in [7, 11) is 0. The van der Waals surface area contributed by atoms with Crippen molar-refractivity contribution in [2.24, 2.45) is 0 Å². The Balaban J connectivity index is 3.24. The number of carbonyl (C=O) groups excluding carboxylic acids is 3. The molecule has 0 aliphatic carbocycles. The number of benzene rings is 1. The lowest BCUT2D eigenvalue weighted by Crippen LogP contribution is -2.60. The standard InChI is InChI=1S/C19H27NO5/c1-6-24-16(22)19(20-13-21,17(23)25-7-2)12-14-8-10-15(11-9-14)18(3,4)5/h8-11,13H,6-7,12H2,1-5H3,(H,20,21). The third kappa shape index (κ3) is 5.05. The van der Waals surface area contributed by atoms with Gasteiger partial charge in [-0.2, -0.15) is 0 Å². The van der Waals surface area contributed by atoms with Crippen LogP contribution < -0.4 is 5.32 Å². The average Bonchev–Trinajstić information content (AvgIpc) is 2.54. The summed E-state index contributed by atoms with van der Waals surface area (Å²) in [5.74, 6) is -1.67. The monoisotopic (exact) mass is 349 g/mol. The molecular formula is C19H27NO5. The van der Waals surface area contributed by atoms with E-state index < -0.39 is 17.5 Å². The minimum atomic E-state index is -1.89. The number of carbonyl (C=O) groups is 3. The number of rotatable bonds is 8. The van der Waals surface area contributed by atoms with E-state index >= 15 is 0 Å². The van der Waals surface area contributed by atoms with E-state index in [9.17, 15) is 14.4 Å². The molecule has 0 saturated carbocycles. The van der Waals surface area contributed by atoms with Crippen LogP contribution in [0.4, 0.5) is 0 Å². The maximum atomic E-state index is 12.5. The highest BCUT2D eigenvalue weighted by Crippen LogP contribution is 2.24. The zero-order valence-corrected chi connectivity index (χ0v) is 15.5. The van der Waals surface area contributed by atoms with E-state index in [1.165, 1.54) is 0 Å². The summed E-state index contributed by atoms with van der Waals surface area (Å²) < 4.78 is 10.0. The molecular weight excluding hydrogens is 322 g/mol. The number of ether oxygens (including phenoxy) is 2. The molecule has 0 saturated heterocycles. The van der Waals surface area contributed by atoms with Crippen molar-refractivity contribution in [2.75, 3.05) is 13.2 Å². The van der Waals surface area contributed by atoms with Crippen LogP contribution in [0.2, 0.25) is 0 Å². The van der Waals surface area contributed by atoms with Gasteiger partial charge in [0, 0.05) is 6.42 Å². The first-order valence-corrected chi connectivity index (χ1v) is 8.36. The van der Waals surface area contributed by atoms with Crippen molar-refractivity contribution < 1.29 is 23.9 Å². The molecule has 0 aliphatic heterocycles. The van der Waals surface area contributed by atoms with Crippen molar-refractivity contribution in [1.29, 1.82) is 0 Å². The summed E-state index contributed by atoms with van der Waals surface area (Å²) in [4.78, 5) is 36.0. The summed E-state index contributed by atoms with van der Waals surface area (Å²) in [6.07, 6.45) is 0.269. The summed E-state index contributed by atoms with van der Waals surface area (Å²) in [5.41, 5.74) is -0.0726. The zero-order chi connectivity index (χ0) is 19.1. The normalized spacial score (nSPS) is 11.6. The Hall–Kier alpha value is -2.37. The quantitative estimate of drug-likeness (QED) is 0.442. The predicted octanol–water partition coefficient (Wildman–Crippen LogP) is 2.14. The Morgan fingerprint density at radius 3 is 1.84 bits per heavy atom. The lowest BCUT2D eigenvalue weighted by Gasteiger charge is -2.28. The Morgan fingerprint density at radius 1 is 1.00 bits per heavy atom. The van der Waals surface area contributed by atoms with Crippen molar-refractivity contribution in [3.05, 3.63) is 35.4 Å². The van der Waals surface area contributed by atoms with Crippen LogP contribution >= 0.6 is 0 Å². The average molecular weight is 349 g/mol. The second kappa shape index (κ2) is 8.65. The van der Waals surface area contributed by atoms with Gasteiger partial charge in [-0.3, -0.25) is 4.79 Å². The molecule has 0 bridgehead atoms. The van der Waals surface area contributed by atoms with Gasteiger partial charge < -0.3 is 14.8 Å². The van der Waals surface area contributed by atoms with Gasteiger partial charge in [-0.05, 0) is 30.4 Å². The fourth-order valence-corrected chi connectivity index (χ4v) is 2.43. The molecule has 0 heterocycles. The summed E-state index contributed by atoms with van der Waals surface area (Å²) >= 11 is 0. The molecule has 25 heavy (non-hydrogen) atoms. The predicted molar refractivity (Wildman–Crippen MR) is 94.0 cm³/mol. The first-order chi connectivity index (χ1) is 11.7. The molecule has 0 unspecified atom stereocenters. The number of hydrogen-bond donors (Lipinski definition) is 1. The minimum absolute atomic E-state index is 0.0149. The van der Waals surface area contributed by atoms with Gasteiger partial charge in [-0.1, -0.05) is 45.0 Å². The minimum Gasteiger partial charge on any atom is -0.464 e. The smallest absolute Gasteiger partial charge is 0.344 e. The largest absolute Gasteiger partial charge is 0.464 e. The van der Waals surface area contributed by atoms with Crippen molar-refractivity contribution in [3.63, 3.8) is 0 Å². The maximum absolute atomic E-state index is 12.5. The van der Waals surface area contributed by atoms with E-state index in [4.69, 9.17) is 9.47 Å². The fraction of sp³-hybridized carbons (Fsp3) is 0.526. The van der Waals surface area contributed by atoms with Crippen LogP contribution in [-0.2, 0) is 35.7 Å². The molecule has 6 nitrogen and oxygen atoms in total. The molecule has 0 spiro atoms. The molecule has 0 fully saturated rings. The molecule has 1 rings (SSSR count). The molecule has 1 N–H and O–H groups in total. The van der Waals surface area contributed by atoms with Gasteiger partial charge in [0.25, 0.3) is 0 Å². The van der Waals surface area contributed by atoms with Crippen molar-refractivity contribution in [1.82, 2.24) is 5.32 Å². The topological polar surface area (TPSA) is 81.7 Å². The lowest BCUT2D eigenvalue weighted by atomic mass is 9.85. The van der Waals surface area contributed by atoms with Crippen LogP contribution in [0.3, 0.4) is 0 Å². The molecule has 1 amide bonds. The highest BCUT2D eigenvalue weighted by atomic mass is 16.6. The second-order valence-electron chi connectivity index (χ2n) is 6.73. The SMILES string of the molecule is CCOC(=O)C(Cc1ccc(C(C)(C)C)cc1)(NC=O)C(=O)OCC. The van der Waals surface area contributed by atoms with Gasteiger partial charge in [0.2, 0.25) is 11.9 Å². The Bertz CT molecular complexity index is 583. The van der Waals surface area contributed by atoms with E-state index in [0.29, 0.717) is 12.0 Å². The maximum Gasteiger partial charge on any atom is 0.344 e. The molecule has 0 atom stereocenters. The molecule has 1 aromatic carbocycles. The van der Waals surface area contributed by atoms with Gasteiger partial charge in [0.1, 0.15) is 0 Å². The van der Waals surface area contributed by atoms with E-state index in [1.807, 2.05) is 24.3 Å². The van der Waals surface area contributed by atoms with Gasteiger partial charge in [-0.15, -0.1) is 0 Å². The highest BCUT2D eigenvalue weighted by Gasteiger charge is 2.49. The number of nitrogens with one attached hydrogen (secondary N) is 1. The van der Waals surface area contributed by atoms with Gasteiger partial charge in [0.05, 0.1) is 13.2 Å². The van der Waals surface area contributed by atoms with Crippen molar-refractivity contribution in [2.45, 2.75) is 52.0 Å². The van der Waals surface area contributed by atoms with Crippen molar-refractivity contribution >= 4 is 18.3 Å². The van der Waals surface area contributed by atoms with E-state index in [0.717, 1.165) is 5.56 Å². The third-order valence-electron chi connectivity index (χ3n) is 3.84. The van der Waals surface area contributed by atoms with E-state index in [2.05, 4.69) is 26.1 Å². The second-order valence-corrected chi connectivity index (χ2v) is 6.73. The lowest BCUT2D eigenvalue weighted by molar-refractivity contribution is -0.167. The van der Waals surface area contributed by atoms with E-state index in [1.54, 1.807) is 13.8 Å².